The van der Waals surface area contributed by atoms with E-state index in [1.165, 1.54) is 6.92 Å². The minimum Gasteiger partial charge on any atom is -0.347 e. The average molecular weight is 352 g/mol. The number of rotatable bonds is 6. The van der Waals surface area contributed by atoms with Crippen molar-refractivity contribution >= 4 is 22.6 Å². The first kappa shape index (κ1) is 16.5. The van der Waals surface area contributed by atoms with Crippen molar-refractivity contribution in [1.82, 2.24) is 20.0 Å². The van der Waals surface area contributed by atoms with Crippen molar-refractivity contribution in [2.24, 2.45) is 0 Å². The van der Waals surface area contributed by atoms with Gasteiger partial charge in [0.1, 0.15) is 6.04 Å². The molecule has 1 saturated carbocycles. The Morgan fingerprint density at radius 3 is 2.85 bits per heavy atom. The van der Waals surface area contributed by atoms with Gasteiger partial charge in [0.25, 0.3) is 0 Å². The number of carbonyl (C=O) groups excluding carboxylic acids is 2. The molecule has 1 fully saturated rings. The van der Waals surface area contributed by atoms with Gasteiger partial charge >= 0.3 is 0 Å². The maximum atomic E-state index is 12.6. The molecule has 1 atom stereocenters. The fraction of sp³-hybridized carbons (Fsp3) is 0.368. The highest BCUT2D eigenvalue weighted by atomic mass is 16.5. The zero-order valence-corrected chi connectivity index (χ0v) is 14.7. The minimum atomic E-state index is -0.470. The van der Waals surface area contributed by atoms with E-state index in [9.17, 15) is 9.59 Å². The molecule has 134 valence electrons. The summed E-state index contributed by atoms with van der Waals surface area (Å²) in [6, 6.07) is 7.12. The standard InChI is InChI=1S/C19H20N4O3/c1-11(18(25)20-9-17-21-19(26-22-17)13-7-8-13)23-10-15(12(2)24)14-5-3-4-6-16(14)23/h3-6,10-11,13H,7-9H2,1-2H3,(H,20,25)/t11-/m0/s1. The largest absolute Gasteiger partial charge is 0.347 e. The van der Waals surface area contributed by atoms with Gasteiger partial charge in [-0.1, -0.05) is 23.4 Å². The molecule has 0 saturated heterocycles. The summed E-state index contributed by atoms with van der Waals surface area (Å²) in [6.07, 6.45) is 3.92. The number of hydrogen-bond acceptors (Lipinski definition) is 5. The van der Waals surface area contributed by atoms with E-state index < -0.39 is 6.04 Å². The molecule has 2 heterocycles. The predicted molar refractivity (Wildman–Crippen MR) is 94.8 cm³/mol. The molecule has 1 aliphatic rings. The number of aromatic nitrogens is 3. The van der Waals surface area contributed by atoms with Crippen molar-refractivity contribution in [2.75, 3.05) is 0 Å². The Hall–Kier alpha value is -2.96. The van der Waals surface area contributed by atoms with Crippen molar-refractivity contribution in [3.8, 4) is 0 Å². The SMILES string of the molecule is CC(=O)c1cn([C@@H](C)C(=O)NCc2noc(C3CC3)n2)c2ccccc12. The molecule has 1 aromatic carbocycles. The molecule has 4 rings (SSSR count). The number of nitrogens with one attached hydrogen (secondary N) is 1. The molecular formula is C19H20N4O3. The van der Waals surface area contributed by atoms with Gasteiger partial charge in [0.05, 0.1) is 6.54 Å². The molecule has 1 aliphatic carbocycles. The number of amides is 1. The van der Waals surface area contributed by atoms with Crippen LogP contribution in [0.25, 0.3) is 10.9 Å². The molecule has 0 spiro atoms. The van der Waals surface area contributed by atoms with Crippen LogP contribution in [0.5, 0.6) is 0 Å². The monoisotopic (exact) mass is 352 g/mol. The number of carbonyl (C=O) groups is 2. The Labute approximate surface area is 150 Å². The molecule has 0 aliphatic heterocycles. The number of Topliss-reactive ketones (excluding diaryl/α,β-unsaturated/α-hetero) is 1. The Morgan fingerprint density at radius 1 is 1.35 bits per heavy atom. The van der Waals surface area contributed by atoms with Gasteiger partial charge < -0.3 is 14.4 Å². The number of fused-ring (bicyclic) bond motifs is 1. The van der Waals surface area contributed by atoms with Crippen LogP contribution in [-0.2, 0) is 11.3 Å². The minimum absolute atomic E-state index is 0.0213. The summed E-state index contributed by atoms with van der Waals surface area (Å²) in [7, 11) is 0. The molecule has 0 radical (unpaired) electrons. The fourth-order valence-electron chi connectivity index (χ4n) is 3.08. The normalized spacial score (nSPS) is 15.2. The molecule has 1 N–H and O–H groups in total. The van der Waals surface area contributed by atoms with Gasteiger partial charge in [0, 0.05) is 28.6 Å². The first-order valence-corrected chi connectivity index (χ1v) is 8.75. The van der Waals surface area contributed by atoms with Crippen LogP contribution in [-0.4, -0.2) is 26.4 Å². The van der Waals surface area contributed by atoms with Crippen molar-refractivity contribution in [3.05, 3.63) is 47.7 Å². The summed E-state index contributed by atoms with van der Waals surface area (Å²) in [5.74, 6) is 1.34. The van der Waals surface area contributed by atoms with Crippen LogP contribution in [0.1, 0.15) is 60.7 Å². The lowest BCUT2D eigenvalue weighted by atomic mass is 10.1. The van der Waals surface area contributed by atoms with E-state index in [1.54, 1.807) is 13.1 Å². The number of nitrogens with zero attached hydrogens (tertiary/aromatic N) is 3. The van der Waals surface area contributed by atoms with Gasteiger partial charge in [-0.05, 0) is 32.8 Å². The molecule has 26 heavy (non-hydrogen) atoms. The Morgan fingerprint density at radius 2 is 2.12 bits per heavy atom. The second-order valence-corrected chi connectivity index (χ2v) is 6.74. The van der Waals surface area contributed by atoms with E-state index in [0.717, 1.165) is 23.7 Å². The number of benzene rings is 1. The fourth-order valence-corrected chi connectivity index (χ4v) is 3.08. The topological polar surface area (TPSA) is 90.0 Å². The molecule has 3 aromatic rings. The van der Waals surface area contributed by atoms with Crippen molar-refractivity contribution in [2.45, 2.75) is 45.2 Å². The second kappa shape index (κ2) is 6.40. The van der Waals surface area contributed by atoms with E-state index >= 15 is 0 Å². The van der Waals surface area contributed by atoms with Crippen LogP contribution in [0.4, 0.5) is 0 Å². The van der Waals surface area contributed by atoms with Crippen LogP contribution < -0.4 is 5.32 Å². The summed E-state index contributed by atoms with van der Waals surface area (Å²) in [6.45, 7) is 3.56. The van der Waals surface area contributed by atoms with Crippen LogP contribution in [0.15, 0.2) is 35.0 Å². The van der Waals surface area contributed by atoms with Gasteiger partial charge in [0.15, 0.2) is 11.6 Å². The van der Waals surface area contributed by atoms with Crippen molar-refractivity contribution in [3.63, 3.8) is 0 Å². The third-order valence-electron chi connectivity index (χ3n) is 4.75. The highest BCUT2D eigenvalue weighted by Gasteiger charge is 2.29. The van der Waals surface area contributed by atoms with E-state index in [-0.39, 0.29) is 18.2 Å². The summed E-state index contributed by atoms with van der Waals surface area (Å²) in [5, 5.41) is 7.60. The molecular weight excluding hydrogens is 332 g/mol. The van der Waals surface area contributed by atoms with E-state index in [1.807, 2.05) is 28.8 Å². The molecule has 7 heteroatoms. The lowest BCUT2D eigenvalue weighted by Gasteiger charge is -2.14. The lowest BCUT2D eigenvalue weighted by molar-refractivity contribution is -0.124. The van der Waals surface area contributed by atoms with E-state index in [0.29, 0.717) is 23.2 Å². The highest BCUT2D eigenvalue weighted by Crippen LogP contribution is 2.38. The second-order valence-electron chi connectivity index (χ2n) is 6.74. The summed E-state index contributed by atoms with van der Waals surface area (Å²) < 4.78 is 7.02. The van der Waals surface area contributed by atoms with Crippen LogP contribution >= 0.6 is 0 Å². The number of hydrogen-bond donors (Lipinski definition) is 1. The number of ketones is 1. The molecule has 2 aromatic heterocycles. The first-order valence-electron chi connectivity index (χ1n) is 8.75. The quantitative estimate of drug-likeness (QED) is 0.689. The lowest BCUT2D eigenvalue weighted by Crippen LogP contribution is -2.30. The van der Waals surface area contributed by atoms with Crippen LogP contribution in [0.2, 0.25) is 0 Å². The van der Waals surface area contributed by atoms with Gasteiger partial charge in [-0.15, -0.1) is 0 Å². The van der Waals surface area contributed by atoms with Gasteiger partial charge in [-0.2, -0.15) is 4.98 Å². The smallest absolute Gasteiger partial charge is 0.243 e. The highest BCUT2D eigenvalue weighted by molar-refractivity contribution is 6.07. The number of para-hydroxylation sites is 1. The zero-order chi connectivity index (χ0) is 18.3. The molecule has 0 unspecified atom stereocenters. The maximum absolute atomic E-state index is 12.6. The zero-order valence-electron chi connectivity index (χ0n) is 14.7. The summed E-state index contributed by atoms with van der Waals surface area (Å²) in [4.78, 5) is 28.8. The molecule has 0 bridgehead atoms. The van der Waals surface area contributed by atoms with E-state index in [2.05, 4.69) is 15.5 Å². The van der Waals surface area contributed by atoms with Crippen molar-refractivity contribution in [1.29, 1.82) is 0 Å². The first-order chi connectivity index (χ1) is 12.5. The van der Waals surface area contributed by atoms with Gasteiger partial charge in [-0.25, -0.2) is 0 Å². The third kappa shape index (κ3) is 3.00. The maximum Gasteiger partial charge on any atom is 0.243 e. The Balaban J connectivity index is 1.51. The summed E-state index contributed by atoms with van der Waals surface area (Å²) in [5.41, 5.74) is 1.48. The van der Waals surface area contributed by atoms with Crippen LogP contribution in [0, 0.1) is 0 Å². The average Bonchev–Trinajstić information content (AvgIpc) is 3.25. The van der Waals surface area contributed by atoms with E-state index in [4.69, 9.17) is 4.52 Å². The predicted octanol–water partition coefficient (Wildman–Crippen LogP) is 2.98. The van der Waals surface area contributed by atoms with Gasteiger partial charge in [-0.3, -0.25) is 9.59 Å². The third-order valence-corrected chi connectivity index (χ3v) is 4.75. The Bertz CT molecular complexity index is 984. The Kier molecular flexibility index (Phi) is 4.06. The van der Waals surface area contributed by atoms with Gasteiger partial charge in [0.2, 0.25) is 11.8 Å². The van der Waals surface area contributed by atoms with Crippen LogP contribution in [0.3, 0.4) is 0 Å². The van der Waals surface area contributed by atoms with Crippen molar-refractivity contribution < 1.29 is 14.1 Å². The molecule has 7 nitrogen and oxygen atoms in total. The molecule has 1 amide bonds. The summed E-state index contributed by atoms with van der Waals surface area (Å²) >= 11 is 0.